The Labute approximate surface area is 238 Å². The maximum Gasteiger partial charge on any atom is 0.332 e. The van der Waals surface area contributed by atoms with Crippen LogP contribution in [0.1, 0.15) is 36.1 Å². The first-order valence-corrected chi connectivity index (χ1v) is 14.3. The molecule has 0 aliphatic carbocycles. The van der Waals surface area contributed by atoms with Gasteiger partial charge in [-0.2, -0.15) is 0 Å². The Morgan fingerprint density at radius 3 is 2.12 bits per heavy atom. The first-order chi connectivity index (χ1) is 19.3. The molecule has 0 radical (unpaired) electrons. The molecule has 0 bridgehead atoms. The Bertz CT molecular complexity index is 1340. The molecule has 0 unspecified atom stereocenters. The van der Waals surface area contributed by atoms with Crippen LogP contribution in [0.25, 0.3) is 0 Å². The number of benzene rings is 3. The van der Waals surface area contributed by atoms with Crippen LogP contribution in [0.15, 0.2) is 103 Å². The predicted molar refractivity (Wildman–Crippen MR) is 154 cm³/mol. The number of thioether (sulfide) groups is 1. The molecule has 2 saturated heterocycles. The molecule has 8 heteroatoms. The highest BCUT2D eigenvalue weighted by molar-refractivity contribution is 8.00. The Hall–Kier alpha value is -3.88. The number of aliphatic hydroxyl groups is 1. The normalized spacial score (nSPS) is 23.6. The Morgan fingerprint density at radius 2 is 1.57 bits per heavy atom. The van der Waals surface area contributed by atoms with Crippen LogP contribution >= 0.6 is 11.8 Å². The van der Waals surface area contributed by atoms with Gasteiger partial charge in [-0.05, 0) is 30.0 Å². The fourth-order valence-corrected chi connectivity index (χ4v) is 6.89. The molecule has 0 aromatic heterocycles. The minimum Gasteiger partial charge on any atom is -0.451 e. The summed E-state index contributed by atoms with van der Waals surface area (Å²) in [5.74, 6) is -1.22. The van der Waals surface area contributed by atoms with Gasteiger partial charge in [-0.25, -0.2) is 4.79 Å². The molecule has 2 fully saturated rings. The van der Waals surface area contributed by atoms with Crippen molar-refractivity contribution in [3.8, 4) is 0 Å². The third-order valence-corrected chi connectivity index (χ3v) is 8.67. The van der Waals surface area contributed by atoms with Crippen molar-refractivity contribution in [1.29, 1.82) is 0 Å². The monoisotopic (exact) mass is 556 g/mol. The second-order valence-corrected chi connectivity index (χ2v) is 11.5. The zero-order valence-electron chi connectivity index (χ0n) is 22.2. The molecule has 0 spiro atoms. The molecule has 2 aliphatic heterocycles. The summed E-state index contributed by atoms with van der Waals surface area (Å²) < 4.78 is 6.12. The summed E-state index contributed by atoms with van der Waals surface area (Å²) in [5, 5.41) is 14.1. The maximum absolute atomic E-state index is 14.0. The molecular weight excluding hydrogens is 524 g/mol. The van der Waals surface area contributed by atoms with Crippen LogP contribution in [-0.2, 0) is 25.5 Å². The Balaban J connectivity index is 1.39. The summed E-state index contributed by atoms with van der Waals surface area (Å²) in [7, 11) is 0. The van der Waals surface area contributed by atoms with E-state index in [9.17, 15) is 19.5 Å². The third kappa shape index (κ3) is 5.69. The fourth-order valence-electron chi connectivity index (χ4n) is 5.41. The maximum atomic E-state index is 14.0. The molecular formula is C32H32N2O5S. The molecule has 4 atom stereocenters. The number of nitrogens with one attached hydrogen (secondary N) is 1. The minimum atomic E-state index is -1.57. The lowest BCUT2D eigenvalue weighted by Crippen LogP contribution is -2.79. The number of fused-ring (bicyclic) bond motifs is 1. The molecule has 3 aromatic rings. The lowest BCUT2D eigenvalue weighted by Gasteiger charge is -2.57. The summed E-state index contributed by atoms with van der Waals surface area (Å²) in [4.78, 5) is 41.5. The predicted octanol–water partition coefficient (Wildman–Crippen LogP) is 4.03. The van der Waals surface area contributed by atoms with Crippen LogP contribution in [0.3, 0.4) is 0 Å². The van der Waals surface area contributed by atoms with Gasteiger partial charge in [0.05, 0.1) is 6.42 Å². The molecule has 2 amide bonds. The summed E-state index contributed by atoms with van der Waals surface area (Å²) in [6.45, 7) is 5.71. The van der Waals surface area contributed by atoms with Crippen molar-refractivity contribution < 1.29 is 24.2 Å². The standard InChI is InChI=1S/C32H32N2O5S/c1-21(2)19-32(38)20-40-30-26(33-25(35)18-22-12-6-3-7-13-22)29(36)34(30)28(32)31(37)39-27(23-14-8-4-9-15-23)24-16-10-5-11-17-24/h3-17,26-28,30,38H,1,18-20H2,2H3,(H,33,35)/t26-,28+,30-,32+/m1/s1. The first kappa shape index (κ1) is 27.7. The van der Waals surface area contributed by atoms with Crippen molar-refractivity contribution in [3.05, 3.63) is 120 Å². The largest absolute Gasteiger partial charge is 0.451 e. The van der Waals surface area contributed by atoms with Gasteiger partial charge in [0, 0.05) is 5.75 Å². The lowest BCUT2D eigenvalue weighted by molar-refractivity contribution is -0.181. The topological polar surface area (TPSA) is 95.9 Å². The average molecular weight is 557 g/mol. The molecule has 206 valence electrons. The van der Waals surface area contributed by atoms with Gasteiger partial charge in [0.15, 0.2) is 12.1 Å². The van der Waals surface area contributed by atoms with Crippen LogP contribution < -0.4 is 5.32 Å². The zero-order chi connectivity index (χ0) is 28.3. The van der Waals surface area contributed by atoms with Crippen LogP contribution in [-0.4, -0.2) is 56.6 Å². The van der Waals surface area contributed by atoms with Crippen LogP contribution in [0.5, 0.6) is 0 Å². The third-order valence-electron chi connectivity index (χ3n) is 7.16. The molecule has 0 saturated carbocycles. The van der Waals surface area contributed by atoms with E-state index in [1.54, 1.807) is 6.92 Å². The molecule has 7 nitrogen and oxygen atoms in total. The van der Waals surface area contributed by atoms with Crippen molar-refractivity contribution in [2.45, 2.75) is 48.9 Å². The van der Waals surface area contributed by atoms with Crippen LogP contribution in [0.2, 0.25) is 0 Å². The SMILES string of the molecule is C=C(C)C[C@]1(O)CS[C@@H]2[C@H](NC(=O)Cc3ccccc3)C(=O)N2[C@H]1C(=O)OC(c1ccccc1)c1ccccc1. The molecule has 40 heavy (non-hydrogen) atoms. The van der Waals surface area contributed by atoms with Crippen molar-refractivity contribution in [3.63, 3.8) is 0 Å². The Morgan fingerprint density at radius 1 is 1.02 bits per heavy atom. The smallest absolute Gasteiger partial charge is 0.332 e. The van der Waals surface area contributed by atoms with E-state index in [2.05, 4.69) is 11.9 Å². The highest BCUT2D eigenvalue weighted by Crippen LogP contribution is 2.45. The number of carbonyl (C=O) groups is 3. The number of ether oxygens (including phenoxy) is 1. The van der Waals surface area contributed by atoms with E-state index in [0.29, 0.717) is 5.57 Å². The van der Waals surface area contributed by atoms with Gasteiger partial charge in [-0.3, -0.25) is 9.59 Å². The highest BCUT2D eigenvalue weighted by Gasteiger charge is 2.63. The van der Waals surface area contributed by atoms with Crippen LogP contribution in [0.4, 0.5) is 0 Å². The summed E-state index contributed by atoms with van der Waals surface area (Å²) in [5.41, 5.74) is 1.49. The van der Waals surface area contributed by atoms with Crippen molar-refractivity contribution >= 4 is 29.5 Å². The van der Waals surface area contributed by atoms with E-state index in [4.69, 9.17) is 4.74 Å². The second kappa shape index (κ2) is 11.7. The first-order valence-electron chi connectivity index (χ1n) is 13.2. The van der Waals surface area contributed by atoms with E-state index < -0.39 is 41.0 Å². The van der Waals surface area contributed by atoms with E-state index in [0.717, 1.165) is 16.7 Å². The van der Waals surface area contributed by atoms with E-state index in [1.807, 2.05) is 91.0 Å². The average Bonchev–Trinajstić information content (AvgIpc) is 2.95. The molecule has 3 aromatic carbocycles. The van der Waals surface area contributed by atoms with Gasteiger partial charge < -0.3 is 20.1 Å². The number of carbonyl (C=O) groups excluding carboxylic acids is 3. The number of hydrogen-bond donors (Lipinski definition) is 2. The number of amides is 2. The highest BCUT2D eigenvalue weighted by atomic mass is 32.2. The lowest BCUT2D eigenvalue weighted by atomic mass is 9.85. The minimum absolute atomic E-state index is 0.128. The Kier molecular flexibility index (Phi) is 8.09. The summed E-state index contributed by atoms with van der Waals surface area (Å²) in [6, 6.07) is 26.0. The van der Waals surface area contributed by atoms with Gasteiger partial charge in [0.1, 0.15) is 17.0 Å². The van der Waals surface area contributed by atoms with Crippen LogP contribution in [0, 0.1) is 0 Å². The summed E-state index contributed by atoms with van der Waals surface area (Å²) in [6.07, 6.45) is -0.458. The van der Waals surface area contributed by atoms with E-state index in [1.165, 1.54) is 16.7 Å². The zero-order valence-corrected chi connectivity index (χ0v) is 23.1. The van der Waals surface area contributed by atoms with E-state index in [-0.39, 0.29) is 24.5 Å². The molecule has 2 heterocycles. The van der Waals surface area contributed by atoms with Crippen molar-refractivity contribution in [1.82, 2.24) is 10.2 Å². The number of esters is 1. The summed E-state index contributed by atoms with van der Waals surface area (Å²) >= 11 is 1.35. The van der Waals surface area contributed by atoms with Gasteiger partial charge in [0.25, 0.3) is 0 Å². The van der Waals surface area contributed by atoms with Gasteiger partial charge in [-0.1, -0.05) is 96.6 Å². The molecule has 2 aliphatic rings. The van der Waals surface area contributed by atoms with Gasteiger partial charge >= 0.3 is 5.97 Å². The quantitative estimate of drug-likeness (QED) is 0.235. The number of β-lactam (4-membered cyclic amide) rings is 1. The second-order valence-electron chi connectivity index (χ2n) is 10.4. The number of nitrogens with zero attached hydrogens (tertiary/aromatic N) is 1. The number of rotatable bonds is 9. The van der Waals surface area contributed by atoms with Crippen molar-refractivity contribution in [2.24, 2.45) is 0 Å². The van der Waals surface area contributed by atoms with E-state index >= 15 is 0 Å². The molecule has 2 N–H and O–H groups in total. The molecule has 5 rings (SSSR count). The number of hydrogen-bond acceptors (Lipinski definition) is 6. The van der Waals surface area contributed by atoms with Gasteiger partial charge in [-0.15, -0.1) is 18.3 Å². The van der Waals surface area contributed by atoms with Crippen molar-refractivity contribution in [2.75, 3.05) is 5.75 Å². The van der Waals surface area contributed by atoms with Gasteiger partial charge in [0.2, 0.25) is 11.8 Å². The fraction of sp³-hybridized carbons (Fsp3) is 0.281.